The lowest BCUT2D eigenvalue weighted by Crippen LogP contribution is -2.00. The molecule has 3 rings (SSSR count). The van der Waals surface area contributed by atoms with Crippen molar-refractivity contribution in [2.24, 2.45) is 4.99 Å². The SMILES string of the molecule is COC(=O)c1ccc(N=Cc2ccc(-c3ccc(C)cc3Br)o2)c(C)c1. The number of methoxy groups -OCH3 is 1. The van der Waals surface area contributed by atoms with Crippen LogP contribution in [0.15, 0.2) is 62.4 Å². The number of halogens is 1. The Morgan fingerprint density at radius 2 is 1.92 bits per heavy atom. The Kier molecular flexibility index (Phi) is 5.38. The van der Waals surface area contributed by atoms with Gasteiger partial charge in [0, 0.05) is 10.0 Å². The summed E-state index contributed by atoms with van der Waals surface area (Å²) in [5.74, 6) is 1.07. The molecular weight excluding hydrogens is 394 g/mol. The van der Waals surface area contributed by atoms with E-state index >= 15 is 0 Å². The molecule has 2 aromatic carbocycles. The van der Waals surface area contributed by atoms with E-state index in [0.29, 0.717) is 11.3 Å². The molecule has 0 bridgehead atoms. The topological polar surface area (TPSA) is 51.8 Å². The molecular formula is C21H18BrNO3. The van der Waals surface area contributed by atoms with Crippen LogP contribution in [0.4, 0.5) is 5.69 Å². The highest BCUT2D eigenvalue weighted by Crippen LogP contribution is 2.30. The van der Waals surface area contributed by atoms with Gasteiger partial charge in [-0.1, -0.05) is 22.0 Å². The summed E-state index contributed by atoms with van der Waals surface area (Å²) in [5, 5.41) is 0. The average molecular weight is 412 g/mol. The van der Waals surface area contributed by atoms with Crippen molar-refractivity contribution in [2.45, 2.75) is 13.8 Å². The number of aryl methyl sites for hydroxylation is 2. The quantitative estimate of drug-likeness (QED) is 0.398. The Morgan fingerprint density at radius 3 is 2.62 bits per heavy atom. The molecule has 0 unspecified atom stereocenters. The molecule has 132 valence electrons. The van der Waals surface area contributed by atoms with Crippen LogP contribution in [-0.2, 0) is 4.74 Å². The molecule has 0 spiro atoms. The van der Waals surface area contributed by atoms with Crippen LogP contribution in [0.3, 0.4) is 0 Å². The minimum atomic E-state index is -0.358. The Morgan fingerprint density at radius 1 is 1.12 bits per heavy atom. The molecule has 4 nitrogen and oxygen atoms in total. The van der Waals surface area contributed by atoms with E-state index in [9.17, 15) is 4.79 Å². The molecule has 0 radical (unpaired) electrons. The summed E-state index contributed by atoms with van der Waals surface area (Å²) in [4.78, 5) is 16.0. The normalized spacial score (nSPS) is 11.1. The van der Waals surface area contributed by atoms with E-state index in [4.69, 9.17) is 9.15 Å². The van der Waals surface area contributed by atoms with Gasteiger partial charge in [0.05, 0.1) is 24.6 Å². The smallest absolute Gasteiger partial charge is 0.337 e. The molecule has 1 heterocycles. The maximum absolute atomic E-state index is 11.6. The number of benzene rings is 2. The first-order valence-corrected chi connectivity index (χ1v) is 8.86. The standard InChI is InChI=1S/C21H18BrNO3/c1-13-4-7-17(18(22)10-13)20-9-6-16(26-20)12-23-19-8-5-15(11-14(19)2)21(24)25-3/h4-12H,1-3H3. The Balaban J connectivity index is 1.82. The number of hydrogen-bond donors (Lipinski definition) is 0. The minimum Gasteiger partial charge on any atom is -0.465 e. The molecule has 0 fully saturated rings. The van der Waals surface area contributed by atoms with Crippen LogP contribution in [0.5, 0.6) is 0 Å². The third kappa shape index (κ3) is 3.94. The predicted octanol–water partition coefficient (Wildman–Crippen LogP) is 5.86. The lowest BCUT2D eigenvalue weighted by molar-refractivity contribution is 0.0600. The number of furan rings is 1. The van der Waals surface area contributed by atoms with Crippen molar-refractivity contribution >= 4 is 33.8 Å². The highest BCUT2D eigenvalue weighted by Gasteiger charge is 2.09. The first-order chi connectivity index (χ1) is 12.5. The fraction of sp³-hybridized carbons (Fsp3) is 0.143. The summed E-state index contributed by atoms with van der Waals surface area (Å²) in [6.45, 7) is 3.94. The first-order valence-electron chi connectivity index (χ1n) is 8.07. The summed E-state index contributed by atoms with van der Waals surface area (Å²) in [5.41, 5.74) is 4.34. The number of hydrogen-bond acceptors (Lipinski definition) is 4. The molecule has 1 aromatic heterocycles. The van der Waals surface area contributed by atoms with E-state index in [1.165, 1.54) is 12.7 Å². The number of carbonyl (C=O) groups excluding carboxylic acids is 1. The molecule has 26 heavy (non-hydrogen) atoms. The largest absolute Gasteiger partial charge is 0.465 e. The number of rotatable bonds is 4. The van der Waals surface area contributed by atoms with Crippen molar-refractivity contribution < 1.29 is 13.9 Å². The van der Waals surface area contributed by atoms with Gasteiger partial charge in [-0.2, -0.15) is 0 Å². The Labute approximate surface area is 160 Å². The first kappa shape index (κ1) is 18.1. The van der Waals surface area contributed by atoms with Crippen LogP contribution in [-0.4, -0.2) is 19.3 Å². The summed E-state index contributed by atoms with van der Waals surface area (Å²) < 4.78 is 11.6. The summed E-state index contributed by atoms with van der Waals surface area (Å²) >= 11 is 3.57. The van der Waals surface area contributed by atoms with Gasteiger partial charge >= 0.3 is 5.97 Å². The van der Waals surface area contributed by atoms with Crippen LogP contribution in [0.2, 0.25) is 0 Å². The second kappa shape index (κ2) is 7.70. The zero-order valence-electron chi connectivity index (χ0n) is 14.7. The van der Waals surface area contributed by atoms with Crippen molar-refractivity contribution in [3.63, 3.8) is 0 Å². The van der Waals surface area contributed by atoms with E-state index in [0.717, 1.165) is 27.0 Å². The molecule has 0 aliphatic rings. The summed E-state index contributed by atoms with van der Waals surface area (Å²) in [6.07, 6.45) is 1.67. The van der Waals surface area contributed by atoms with Gasteiger partial charge in [0.25, 0.3) is 0 Å². The molecule has 0 saturated heterocycles. The van der Waals surface area contributed by atoms with E-state index in [1.54, 1.807) is 24.4 Å². The number of ether oxygens (including phenoxy) is 1. The van der Waals surface area contributed by atoms with Crippen LogP contribution < -0.4 is 0 Å². The summed E-state index contributed by atoms with van der Waals surface area (Å²) in [6, 6.07) is 15.2. The predicted molar refractivity (Wildman–Crippen MR) is 106 cm³/mol. The van der Waals surface area contributed by atoms with Gasteiger partial charge < -0.3 is 9.15 Å². The second-order valence-electron chi connectivity index (χ2n) is 5.94. The van der Waals surface area contributed by atoms with Gasteiger partial charge in [-0.25, -0.2) is 4.79 Å². The highest BCUT2D eigenvalue weighted by atomic mass is 79.9. The van der Waals surface area contributed by atoms with Crippen molar-refractivity contribution in [1.82, 2.24) is 0 Å². The maximum atomic E-state index is 11.6. The van der Waals surface area contributed by atoms with Crippen LogP contribution in [0, 0.1) is 13.8 Å². The molecule has 0 aliphatic heterocycles. The third-order valence-electron chi connectivity index (χ3n) is 3.97. The summed E-state index contributed by atoms with van der Waals surface area (Å²) in [7, 11) is 1.37. The minimum absolute atomic E-state index is 0.358. The van der Waals surface area contributed by atoms with Crippen LogP contribution in [0.25, 0.3) is 11.3 Å². The molecule has 0 amide bonds. The van der Waals surface area contributed by atoms with Crippen molar-refractivity contribution in [2.75, 3.05) is 7.11 Å². The number of esters is 1. The van der Waals surface area contributed by atoms with Crippen LogP contribution >= 0.6 is 15.9 Å². The Hall–Kier alpha value is -2.66. The lowest BCUT2D eigenvalue weighted by atomic mass is 10.1. The van der Waals surface area contributed by atoms with Crippen molar-refractivity contribution in [3.8, 4) is 11.3 Å². The van der Waals surface area contributed by atoms with Gasteiger partial charge in [-0.3, -0.25) is 4.99 Å². The van der Waals surface area contributed by atoms with E-state index in [-0.39, 0.29) is 5.97 Å². The maximum Gasteiger partial charge on any atom is 0.337 e. The number of carbonyl (C=O) groups is 1. The fourth-order valence-corrected chi connectivity index (χ4v) is 3.25. The van der Waals surface area contributed by atoms with Crippen molar-refractivity contribution in [1.29, 1.82) is 0 Å². The monoisotopic (exact) mass is 411 g/mol. The fourth-order valence-electron chi connectivity index (χ4n) is 2.57. The van der Waals surface area contributed by atoms with Crippen molar-refractivity contribution in [3.05, 3.63) is 75.5 Å². The molecule has 0 aliphatic carbocycles. The third-order valence-corrected chi connectivity index (χ3v) is 4.62. The number of aliphatic imine (C=N–C) groups is 1. The van der Waals surface area contributed by atoms with Gasteiger partial charge in [0.15, 0.2) is 0 Å². The Bertz CT molecular complexity index is 989. The highest BCUT2D eigenvalue weighted by molar-refractivity contribution is 9.10. The van der Waals surface area contributed by atoms with Gasteiger partial charge in [0.2, 0.25) is 0 Å². The van der Waals surface area contributed by atoms with Gasteiger partial charge in [-0.05, 0) is 67.4 Å². The van der Waals surface area contributed by atoms with E-state index in [2.05, 4.69) is 27.0 Å². The average Bonchev–Trinajstić information content (AvgIpc) is 3.08. The molecule has 0 N–H and O–H groups in total. The van der Waals surface area contributed by atoms with E-state index in [1.807, 2.05) is 38.1 Å². The second-order valence-corrected chi connectivity index (χ2v) is 6.79. The van der Waals surface area contributed by atoms with Crippen LogP contribution in [0.1, 0.15) is 27.2 Å². The molecule has 0 atom stereocenters. The molecule has 3 aromatic rings. The number of nitrogens with zero attached hydrogens (tertiary/aromatic N) is 1. The van der Waals surface area contributed by atoms with Gasteiger partial charge in [-0.15, -0.1) is 0 Å². The van der Waals surface area contributed by atoms with Gasteiger partial charge in [0.1, 0.15) is 11.5 Å². The van der Waals surface area contributed by atoms with E-state index < -0.39 is 0 Å². The molecule has 0 saturated carbocycles. The zero-order chi connectivity index (χ0) is 18.7. The zero-order valence-corrected chi connectivity index (χ0v) is 16.3. The lowest BCUT2D eigenvalue weighted by Gasteiger charge is -2.03. The molecule has 5 heteroatoms.